The Kier molecular flexibility index (Phi) is 5.87. The number of aliphatic hydroxyl groups excluding tert-OH is 1. The Morgan fingerprint density at radius 1 is 1.30 bits per heavy atom. The first kappa shape index (κ1) is 21.3. The molecule has 1 unspecified atom stereocenters. The number of carbonyl (C=O) groups excluding carboxylic acids is 1. The summed E-state index contributed by atoms with van der Waals surface area (Å²) in [5, 5.41) is 14.5. The van der Waals surface area contributed by atoms with Gasteiger partial charge in [-0.1, -0.05) is 12.8 Å². The van der Waals surface area contributed by atoms with Gasteiger partial charge in [0.25, 0.3) is 0 Å². The monoisotopic (exact) mass is 437 g/mol. The molecule has 1 aliphatic carbocycles. The molecule has 1 N–H and O–H groups in total. The second-order valence-corrected chi connectivity index (χ2v) is 9.24. The molecule has 2 fully saturated rings. The highest BCUT2D eigenvalue weighted by Crippen LogP contribution is 2.36. The summed E-state index contributed by atoms with van der Waals surface area (Å²) in [6.07, 6.45) is 5.91. The molecule has 9 nitrogen and oxygen atoms in total. The third kappa shape index (κ3) is 4.24. The standard InChI is InChI=1S/C20H28ClN5O4/c1-20(2,3)30-19(28)25(12-6-4-5-7-12)16-14-10-22-26(17(14)24-18(21)23-16)15-9-8-13(11-27)29-15/h10,12-13,15,27H,4-9,11H2,1-3H3/t13-,15?/m0/s1. The van der Waals surface area contributed by atoms with Crippen molar-refractivity contribution in [1.29, 1.82) is 0 Å². The van der Waals surface area contributed by atoms with E-state index in [1.54, 1.807) is 15.8 Å². The summed E-state index contributed by atoms with van der Waals surface area (Å²) >= 11 is 6.28. The van der Waals surface area contributed by atoms with Crippen LogP contribution in [-0.2, 0) is 9.47 Å². The molecule has 10 heteroatoms. The summed E-state index contributed by atoms with van der Waals surface area (Å²) in [4.78, 5) is 23.6. The maximum atomic E-state index is 13.2. The van der Waals surface area contributed by atoms with Crippen molar-refractivity contribution in [3.8, 4) is 0 Å². The van der Waals surface area contributed by atoms with Crippen molar-refractivity contribution < 1.29 is 19.4 Å². The van der Waals surface area contributed by atoms with Gasteiger partial charge in [0.15, 0.2) is 17.7 Å². The molecule has 0 radical (unpaired) electrons. The zero-order valence-corrected chi connectivity index (χ0v) is 18.3. The molecule has 1 saturated carbocycles. The predicted octanol–water partition coefficient (Wildman–Crippen LogP) is 3.83. The van der Waals surface area contributed by atoms with E-state index in [-0.39, 0.29) is 30.3 Å². The summed E-state index contributed by atoms with van der Waals surface area (Å²) in [6.45, 7) is 5.48. The number of ether oxygens (including phenoxy) is 2. The van der Waals surface area contributed by atoms with Crippen molar-refractivity contribution in [2.45, 2.75) is 83.3 Å². The quantitative estimate of drug-likeness (QED) is 0.725. The number of hydrogen-bond acceptors (Lipinski definition) is 7. The summed E-state index contributed by atoms with van der Waals surface area (Å²) in [5.41, 5.74) is -0.134. The van der Waals surface area contributed by atoms with E-state index in [0.717, 1.165) is 32.1 Å². The molecule has 1 amide bonds. The number of nitrogens with zero attached hydrogens (tertiary/aromatic N) is 5. The van der Waals surface area contributed by atoms with Gasteiger partial charge in [0, 0.05) is 6.04 Å². The Labute approximate surface area is 180 Å². The number of rotatable bonds is 4. The Morgan fingerprint density at radius 2 is 2.03 bits per heavy atom. The van der Waals surface area contributed by atoms with Gasteiger partial charge in [-0.2, -0.15) is 15.1 Å². The fourth-order valence-corrected chi connectivity index (χ4v) is 4.32. The summed E-state index contributed by atoms with van der Waals surface area (Å²) in [5.74, 6) is 0.411. The largest absolute Gasteiger partial charge is 0.443 e. The first-order chi connectivity index (χ1) is 14.3. The number of anilines is 1. The Morgan fingerprint density at radius 3 is 2.67 bits per heavy atom. The van der Waals surface area contributed by atoms with Gasteiger partial charge in [-0.05, 0) is 58.1 Å². The van der Waals surface area contributed by atoms with Gasteiger partial charge >= 0.3 is 6.09 Å². The van der Waals surface area contributed by atoms with Crippen molar-refractivity contribution in [1.82, 2.24) is 19.7 Å². The molecule has 1 aliphatic heterocycles. The van der Waals surface area contributed by atoms with Crippen LogP contribution in [0.5, 0.6) is 0 Å². The molecule has 3 heterocycles. The SMILES string of the molecule is CC(C)(C)OC(=O)N(c1nc(Cl)nc2c1cnn2C1CC[C@@H](CO)O1)C1CCCC1. The van der Waals surface area contributed by atoms with Gasteiger partial charge < -0.3 is 14.6 Å². The van der Waals surface area contributed by atoms with Crippen molar-refractivity contribution in [3.05, 3.63) is 11.5 Å². The van der Waals surface area contributed by atoms with E-state index in [1.165, 1.54) is 0 Å². The highest BCUT2D eigenvalue weighted by atomic mass is 35.5. The molecule has 2 aromatic rings. The van der Waals surface area contributed by atoms with E-state index in [9.17, 15) is 9.90 Å². The Bertz CT molecular complexity index is 922. The minimum absolute atomic E-state index is 0.0149. The Hall–Kier alpha value is -1.97. The number of halogens is 1. The lowest BCUT2D eigenvalue weighted by Crippen LogP contribution is -2.43. The zero-order chi connectivity index (χ0) is 21.5. The highest BCUT2D eigenvalue weighted by molar-refractivity contribution is 6.28. The number of aromatic nitrogens is 4. The molecule has 4 rings (SSSR count). The highest BCUT2D eigenvalue weighted by Gasteiger charge is 2.35. The normalized spacial score (nSPS) is 22.7. The van der Waals surface area contributed by atoms with Crippen molar-refractivity contribution in [3.63, 3.8) is 0 Å². The lowest BCUT2D eigenvalue weighted by atomic mass is 10.2. The van der Waals surface area contributed by atoms with Crippen LogP contribution in [0.25, 0.3) is 11.0 Å². The first-order valence-electron chi connectivity index (χ1n) is 10.5. The lowest BCUT2D eigenvalue weighted by Gasteiger charge is -2.31. The molecule has 0 aromatic carbocycles. The van der Waals surface area contributed by atoms with Gasteiger partial charge in [-0.3, -0.25) is 4.90 Å². The first-order valence-corrected chi connectivity index (χ1v) is 10.8. The van der Waals surface area contributed by atoms with E-state index in [2.05, 4.69) is 15.1 Å². The second-order valence-electron chi connectivity index (χ2n) is 8.90. The van der Waals surface area contributed by atoms with E-state index < -0.39 is 11.7 Å². The number of carbonyl (C=O) groups is 1. The fraction of sp³-hybridized carbons (Fsp3) is 0.700. The molecule has 2 atom stereocenters. The van der Waals surface area contributed by atoms with Gasteiger partial charge in [-0.15, -0.1) is 0 Å². The van der Waals surface area contributed by atoms with Gasteiger partial charge in [0.1, 0.15) is 5.60 Å². The van der Waals surface area contributed by atoms with Gasteiger partial charge in [0.2, 0.25) is 5.28 Å². The summed E-state index contributed by atoms with van der Waals surface area (Å²) in [7, 11) is 0. The number of hydrogen-bond donors (Lipinski definition) is 1. The molecule has 2 aromatic heterocycles. The number of aliphatic hydroxyl groups is 1. The van der Waals surface area contributed by atoms with Crippen molar-refractivity contribution in [2.24, 2.45) is 0 Å². The maximum absolute atomic E-state index is 13.2. The predicted molar refractivity (Wildman–Crippen MR) is 112 cm³/mol. The second kappa shape index (κ2) is 8.28. The minimum Gasteiger partial charge on any atom is -0.443 e. The number of amides is 1. The molecular formula is C20H28ClN5O4. The molecule has 164 valence electrons. The topological polar surface area (TPSA) is 103 Å². The van der Waals surface area contributed by atoms with Crippen LogP contribution in [0.1, 0.15) is 65.5 Å². The van der Waals surface area contributed by atoms with Crippen molar-refractivity contribution in [2.75, 3.05) is 11.5 Å². The lowest BCUT2D eigenvalue weighted by molar-refractivity contribution is -0.0262. The van der Waals surface area contributed by atoms with Crippen LogP contribution in [0, 0.1) is 0 Å². The summed E-state index contributed by atoms with van der Waals surface area (Å²) in [6, 6.07) is -0.0149. The van der Waals surface area contributed by atoms with Crippen molar-refractivity contribution >= 4 is 34.5 Å². The average Bonchev–Trinajstić information content (AvgIpc) is 3.40. The molecular weight excluding hydrogens is 410 g/mol. The Balaban J connectivity index is 1.76. The van der Waals surface area contributed by atoms with Crippen LogP contribution in [0.15, 0.2) is 6.20 Å². The van der Waals surface area contributed by atoms with Crippen LogP contribution in [0.4, 0.5) is 10.6 Å². The van der Waals surface area contributed by atoms with E-state index in [0.29, 0.717) is 23.3 Å². The minimum atomic E-state index is -0.634. The molecule has 30 heavy (non-hydrogen) atoms. The van der Waals surface area contributed by atoms with E-state index >= 15 is 0 Å². The number of fused-ring (bicyclic) bond motifs is 1. The van der Waals surface area contributed by atoms with E-state index in [1.807, 2.05) is 20.8 Å². The van der Waals surface area contributed by atoms with Crippen LogP contribution in [-0.4, -0.2) is 55.3 Å². The van der Waals surface area contributed by atoms with E-state index in [4.69, 9.17) is 21.1 Å². The van der Waals surface area contributed by atoms with Crippen LogP contribution in [0.3, 0.4) is 0 Å². The van der Waals surface area contributed by atoms with Gasteiger partial charge in [-0.25, -0.2) is 9.48 Å². The maximum Gasteiger partial charge on any atom is 0.416 e. The zero-order valence-electron chi connectivity index (χ0n) is 17.5. The molecule has 1 saturated heterocycles. The fourth-order valence-electron chi connectivity index (χ4n) is 4.16. The average molecular weight is 438 g/mol. The molecule has 0 spiro atoms. The van der Waals surface area contributed by atoms with Crippen LogP contribution < -0.4 is 4.90 Å². The van der Waals surface area contributed by atoms with Crippen LogP contribution in [0.2, 0.25) is 5.28 Å². The summed E-state index contributed by atoms with van der Waals surface area (Å²) < 4.78 is 13.2. The molecule has 2 aliphatic rings. The third-order valence-corrected chi connectivity index (χ3v) is 5.65. The third-order valence-electron chi connectivity index (χ3n) is 5.48. The van der Waals surface area contributed by atoms with Crippen LogP contribution >= 0.6 is 11.6 Å². The molecule has 0 bridgehead atoms. The smallest absolute Gasteiger partial charge is 0.416 e. The van der Waals surface area contributed by atoms with Gasteiger partial charge in [0.05, 0.1) is 24.3 Å².